The van der Waals surface area contributed by atoms with Gasteiger partial charge in [-0.25, -0.2) is 0 Å². The molecule has 1 aromatic carbocycles. The van der Waals surface area contributed by atoms with Gasteiger partial charge in [0.2, 0.25) is 0 Å². The Labute approximate surface area is 132 Å². The molecular weight excluding hydrogens is 321 g/mol. The molecule has 0 atom stereocenters. The molecule has 1 aliphatic heterocycles. The van der Waals surface area contributed by atoms with Crippen LogP contribution in [0.1, 0.15) is 18.4 Å². The Balaban J connectivity index is 0.00000242. The highest BCUT2D eigenvalue weighted by Crippen LogP contribution is 2.31. The van der Waals surface area contributed by atoms with Gasteiger partial charge in [-0.1, -0.05) is 6.07 Å². The van der Waals surface area contributed by atoms with Crippen LogP contribution in [0.15, 0.2) is 24.3 Å². The van der Waals surface area contributed by atoms with Crippen molar-refractivity contribution in [3.05, 3.63) is 29.8 Å². The van der Waals surface area contributed by atoms with E-state index in [1.807, 2.05) is 0 Å². The lowest BCUT2D eigenvalue weighted by Gasteiger charge is -2.23. The van der Waals surface area contributed by atoms with Crippen LogP contribution >= 0.6 is 12.4 Å². The molecule has 0 bridgehead atoms. The van der Waals surface area contributed by atoms with Crippen molar-refractivity contribution >= 4 is 18.3 Å². The standard InChI is InChI=1S/C14H17F3N2O2.ClH/c15-14(16,17)10-2-1-3-12(8-10)21-9-13(20)19-11-4-6-18-7-5-11;/h1-3,8,11,18H,4-7,9H2,(H,19,20);1H. The lowest BCUT2D eigenvalue weighted by atomic mass is 10.1. The number of benzene rings is 1. The van der Waals surface area contributed by atoms with Gasteiger partial charge in [-0.05, 0) is 44.1 Å². The van der Waals surface area contributed by atoms with Gasteiger partial charge in [-0.2, -0.15) is 13.2 Å². The fourth-order valence-electron chi connectivity index (χ4n) is 2.15. The Morgan fingerprint density at radius 1 is 1.32 bits per heavy atom. The van der Waals surface area contributed by atoms with Crippen molar-refractivity contribution in [2.75, 3.05) is 19.7 Å². The van der Waals surface area contributed by atoms with Gasteiger partial charge in [-0.3, -0.25) is 4.79 Å². The van der Waals surface area contributed by atoms with Gasteiger partial charge < -0.3 is 15.4 Å². The molecule has 1 fully saturated rings. The Bertz CT molecular complexity index is 491. The summed E-state index contributed by atoms with van der Waals surface area (Å²) >= 11 is 0. The Morgan fingerprint density at radius 2 is 2.00 bits per heavy atom. The van der Waals surface area contributed by atoms with Crippen molar-refractivity contribution in [3.8, 4) is 5.75 Å². The molecule has 2 N–H and O–H groups in total. The maximum atomic E-state index is 12.5. The molecule has 1 aromatic rings. The van der Waals surface area contributed by atoms with E-state index in [-0.39, 0.29) is 36.7 Å². The van der Waals surface area contributed by atoms with Crippen LogP contribution < -0.4 is 15.4 Å². The van der Waals surface area contributed by atoms with E-state index in [1.54, 1.807) is 0 Å². The van der Waals surface area contributed by atoms with Crippen LogP contribution in [0.2, 0.25) is 0 Å². The summed E-state index contributed by atoms with van der Waals surface area (Å²) in [6.45, 7) is 1.41. The second-order valence-corrected chi connectivity index (χ2v) is 4.91. The Morgan fingerprint density at radius 3 is 2.64 bits per heavy atom. The Kier molecular flexibility index (Phi) is 6.96. The predicted molar refractivity (Wildman–Crippen MR) is 78.2 cm³/mol. The van der Waals surface area contributed by atoms with E-state index in [4.69, 9.17) is 4.74 Å². The molecule has 2 rings (SSSR count). The molecule has 0 spiro atoms. The van der Waals surface area contributed by atoms with Crippen LogP contribution in [-0.2, 0) is 11.0 Å². The fraction of sp³-hybridized carbons (Fsp3) is 0.500. The molecule has 0 unspecified atom stereocenters. The van der Waals surface area contributed by atoms with E-state index in [1.165, 1.54) is 12.1 Å². The van der Waals surface area contributed by atoms with Crippen molar-refractivity contribution < 1.29 is 22.7 Å². The minimum Gasteiger partial charge on any atom is -0.484 e. The molecule has 0 saturated carbocycles. The largest absolute Gasteiger partial charge is 0.484 e. The SMILES string of the molecule is Cl.O=C(COc1cccc(C(F)(F)F)c1)NC1CCNCC1. The molecule has 0 aliphatic carbocycles. The predicted octanol–water partition coefficient (Wildman–Crippen LogP) is 2.37. The summed E-state index contributed by atoms with van der Waals surface area (Å²) in [5.41, 5.74) is -0.793. The third-order valence-electron chi connectivity index (χ3n) is 3.24. The highest BCUT2D eigenvalue weighted by atomic mass is 35.5. The monoisotopic (exact) mass is 338 g/mol. The zero-order valence-electron chi connectivity index (χ0n) is 11.8. The lowest BCUT2D eigenvalue weighted by molar-refractivity contribution is -0.137. The smallest absolute Gasteiger partial charge is 0.416 e. The van der Waals surface area contributed by atoms with Crippen molar-refractivity contribution in [1.82, 2.24) is 10.6 Å². The molecule has 4 nitrogen and oxygen atoms in total. The van der Waals surface area contributed by atoms with Crippen molar-refractivity contribution in [2.45, 2.75) is 25.1 Å². The fourth-order valence-corrected chi connectivity index (χ4v) is 2.15. The summed E-state index contributed by atoms with van der Waals surface area (Å²) in [4.78, 5) is 11.7. The van der Waals surface area contributed by atoms with Gasteiger partial charge in [-0.15, -0.1) is 12.4 Å². The average Bonchev–Trinajstić information content (AvgIpc) is 2.46. The number of amides is 1. The van der Waals surface area contributed by atoms with Gasteiger partial charge in [0.25, 0.3) is 5.91 Å². The minimum atomic E-state index is -4.42. The van der Waals surface area contributed by atoms with E-state index in [2.05, 4.69) is 10.6 Å². The van der Waals surface area contributed by atoms with Gasteiger partial charge in [0, 0.05) is 6.04 Å². The quantitative estimate of drug-likeness (QED) is 0.886. The van der Waals surface area contributed by atoms with Crippen molar-refractivity contribution in [1.29, 1.82) is 0 Å². The lowest BCUT2D eigenvalue weighted by Crippen LogP contribution is -2.44. The summed E-state index contributed by atoms with van der Waals surface area (Å²) < 4.78 is 42.7. The van der Waals surface area contributed by atoms with E-state index >= 15 is 0 Å². The molecule has 1 heterocycles. The average molecular weight is 339 g/mol. The number of nitrogens with one attached hydrogen (secondary N) is 2. The number of rotatable bonds is 4. The second kappa shape index (κ2) is 8.24. The zero-order valence-corrected chi connectivity index (χ0v) is 12.6. The van der Waals surface area contributed by atoms with Crippen molar-refractivity contribution in [2.24, 2.45) is 0 Å². The van der Waals surface area contributed by atoms with Gasteiger partial charge in [0.05, 0.1) is 5.56 Å². The third-order valence-corrected chi connectivity index (χ3v) is 3.24. The van der Waals surface area contributed by atoms with E-state index in [9.17, 15) is 18.0 Å². The number of hydrogen-bond acceptors (Lipinski definition) is 3. The normalized spacial score (nSPS) is 15.8. The number of hydrogen-bond donors (Lipinski definition) is 2. The van der Waals surface area contributed by atoms with Crippen LogP contribution in [0, 0.1) is 0 Å². The molecule has 22 heavy (non-hydrogen) atoms. The number of alkyl halides is 3. The van der Waals surface area contributed by atoms with Crippen molar-refractivity contribution in [3.63, 3.8) is 0 Å². The van der Waals surface area contributed by atoms with E-state index in [0.717, 1.165) is 38.1 Å². The van der Waals surface area contributed by atoms with Crippen LogP contribution in [0.3, 0.4) is 0 Å². The molecule has 1 saturated heterocycles. The topological polar surface area (TPSA) is 50.4 Å². The summed E-state index contributed by atoms with van der Waals surface area (Å²) in [6, 6.07) is 4.60. The van der Waals surface area contributed by atoms with E-state index < -0.39 is 11.7 Å². The maximum Gasteiger partial charge on any atom is 0.416 e. The molecule has 124 valence electrons. The first-order valence-corrected chi connectivity index (χ1v) is 6.75. The summed E-state index contributed by atoms with van der Waals surface area (Å²) in [7, 11) is 0. The van der Waals surface area contributed by atoms with Crippen LogP contribution in [-0.4, -0.2) is 31.6 Å². The Hall–Kier alpha value is -1.47. The van der Waals surface area contributed by atoms with Gasteiger partial charge in [0.1, 0.15) is 5.75 Å². The number of halogens is 4. The highest BCUT2D eigenvalue weighted by molar-refractivity contribution is 5.85. The number of ether oxygens (including phenoxy) is 1. The van der Waals surface area contributed by atoms with E-state index in [0.29, 0.717) is 0 Å². The highest BCUT2D eigenvalue weighted by Gasteiger charge is 2.30. The first kappa shape index (κ1) is 18.6. The second-order valence-electron chi connectivity index (χ2n) is 4.91. The number of carbonyl (C=O) groups is 1. The molecule has 0 radical (unpaired) electrons. The van der Waals surface area contributed by atoms with Crippen LogP contribution in [0.4, 0.5) is 13.2 Å². The number of piperidine rings is 1. The van der Waals surface area contributed by atoms with Crippen LogP contribution in [0.5, 0.6) is 5.75 Å². The third kappa shape index (κ3) is 5.73. The minimum absolute atomic E-state index is 0. The molecule has 8 heteroatoms. The number of carbonyl (C=O) groups excluding carboxylic acids is 1. The van der Waals surface area contributed by atoms with Gasteiger partial charge in [0.15, 0.2) is 6.61 Å². The summed E-state index contributed by atoms with van der Waals surface area (Å²) in [5, 5.41) is 5.98. The summed E-state index contributed by atoms with van der Waals surface area (Å²) in [5.74, 6) is -0.287. The zero-order chi connectivity index (χ0) is 15.3. The first-order valence-electron chi connectivity index (χ1n) is 6.75. The summed E-state index contributed by atoms with van der Waals surface area (Å²) in [6.07, 6.45) is -2.73. The molecule has 1 amide bonds. The van der Waals surface area contributed by atoms with Gasteiger partial charge >= 0.3 is 6.18 Å². The first-order chi connectivity index (χ1) is 9.95. The molecule has 1 aliphatic rings. The van der Waals surface area contributed by atoms with Crippen LogP contribution in [0.25, 0.3) is 0 Å². The maximum absolute atomic E-state index is 12.5. The molecular formula is C14H18ClF3N2O2. The molecule has 0 aromatic heterocycles.